The fraction of sp³-hybridized carbons (Fsp3) is 0.394. The molecule has 1 rings (SSSR count). The molecule has 1 unspecified atom stereocenters. The van der Waals surface area contributed by atoms with Crippen molar-refractivity contribution >= 4 is 5.71 Å². The van der Waals surface area contributed by atoms with Crippen molar-refractivity contribution in [1.82, 2.24) is 0 Å². The molecule has 0 aliphatic carbocycles. The number of nitriles is 1. The lowest BCUT2D eigenvalue weighted by Gasteiger charge is -2.14. The largest absolute Gasteiger partial charge is 0.405 e. The number of unbranched alkanes of at least 4 members (excludes halogenated alkanes) is 2. The van der Waals surface area contributed by atoms with Crippen LogP contribution in [0.15, 0.2) is 102 Å². The molecule has 0 spiro atoms. The Labute approximate surface area is 221 Å². The molecule has 2 N–H and O–H groups in total. The minimum absolute atomic E-state index is 0.246. The lowest BCUT2D eigenvalue weighted by molar-refractivity contribution is 0.604. The van der Waals surface area contributed by atoms with Gasteiger partial charge in [-0.1, -0.05) is 93.3 Å². The van der Waals surface area contributed by atoms with Crippen molar-refractivity contribution in [3.63, 3.8) is 0 Å². The number of nitrogens with zero attached hydrogens (tertiary/aromatic N) is 2. The lowest BCUT2D eigenvalue weighted by Crippen LogP contribution is -2.05. The van der Waals surface area contributed by atoms with Crippen LogP contribution in [-0.2, 0) is 12.8 Å². The summed E-state index contributed by atoms with van der Waals surface area (Å²) in [5.74, 6) is 0.246. The Bertz CT molecular complexity index is 963. The van der Waals surface area contributed by atoms with Gasteiger partial charge in [0.1, 0.15) is 0 Å². The fourth-order valence-corrected chi connectivity index (χ4v) is 3.75. The summed E-state index contributed by atoms with van der Waals surface area (Å²) in [7, 11) is 0. The standard InChI is InChI=1S/C31H42N2.C2H5N/c1-7-9-10-11-13-17-27(6)33-31(25(3)4)21-15-12-14-18-28-19-16-20-29(22-28)23-30(8-2)26(5)24-32;1-2-3/h7,9-11,13,16,19-20,22,30H,1,5,8,12,14-15,17-18,21,23H2,2-4,6H3;2H,1,3H2/b10-9-,13-11-,33-27?;. The van der Waals surface area contributed by atoms with E-state index in [0.717, 1.165) is 44.2 Å². The molecule has 0 saturated carbocycles. The monoisotopic (exact) mass is 485 g/mol. The molecule has 0 amide bonds. The molecular formula is C33H47N3. The molecule has 3 nitrogen and oxygen atoms in total. The number of hydrogen-bond acceptors (Lipinski definition) is 3. The van der Waals surface area contributed by atoms with Gasteiger partial charge in [-0.2, -0.15) is 5.26 Å². The van der Waals surface area contributed by atoms with Crippen molar-refractivity contribution < 1.29 is 0 Å². The summed E-state index contributed by atoms with van der Waals surface area (Å²) >= 11 is 0. The van der Waals surface area contributed by atoms with Gasteiger partial charge in [-0.3, -0.25) is 4.99 Å². The van der Waals surface area contributed by atoms with Crippen LogP contribution in [0.2, 0.25) is 0 Å². The highest BCUT2D eigenvalue weighted by Gasteiger charge is 2.11. The normalized spacial score (nSPS) is 11.9. The molecule has 3 heteroatoms. The molecule has 1 aromatic carbocycles. The summed E-state index contributed by atoms with van der Waals surface area (Å²) in [6.45, 7) is 19.3. The molecule has 0 aliphatic rings. The number of benzene rings is 1. The summed E-state index contributed by atoms with van der Waals surface area (Å²) in [4.78, 5) is 4.89. The van der Waals surface area contributed by atoms with Crippen LogP contribution in [0, 0.1) is 17.2 Å². The molecule has 1 aromatic rings. The van der Waals surface area contributed by atoms with Crippen molar-refractivity contribution in [3.8, 4) is 6.07 Å². The SMILES string of the molecule is C=C/C=C\C=C/CC(C)=NC(CCCCCc1cccc(CC(CC)C(=C)C#N)c1)=C(C)C.C=CN. The molecule has 0 saturated heterocycles. The molecule has 0 fully saturated rings. The van der Waals surface area contributed by atoms with Crippen LogP contribution >= 0.6 is 0 Å². The third-order valence-electron chi connectivity index (χ3n) is 5.79. The van der Waals surface area contributed by atoms with E-state index in [1.807, 2.05) is 18.2 Å². The fourth-order valence-electron chi connectivity index (χ4n) is 3.75. The topological polar surface area (TPSA) is 62.2 Å². The van der Waals surface area contributed by atoms with E-state index in [1.54, 1.807) is 6.08 Å². The first-order chi connectivity index (χ1) is 17.3. The first-order valence-corrected chi connectivity index (χ1v) is 13.0. The first kappa shape index (κ1) is 32.6. The maximum absolute atomic E-state index is 9.15. The van der Waals surface area contributed by atoms with Crippen molar-refractivity contribution in [3.05, 3.63) is 109 Å². The third kappa shape index (κ3) is 15.5. The minimum Gasteiger partial charge on any atom is -0.405 e. The van der Waals surface area contributed by atoms with E-state index in [2.05, 4.69) is 89.6 Å². The number of allylic oxidation sites excluding steroid dienone is 8. The van der Waals surface area contributed by atoms with E-state index in [4.69, 9.17) is 10.3 Å². The second kappa shape index (κ2) is 20.9. The minimum atomic E-state index is 0.246. The molecule has 0 aliphatic heterocycles. The van der Waals surface area contributed by atoms with Gasteiger partial charge in [0.25, 0.3) is 0 Å². The Morgan fingerprint density at radius 1 is 1.08 bits per heavy atom. The summed E-state index contributed by atoms with van der Waals surface area (Å²) < 4.78 is 0. The van der Waals surface area contributed by atoms with Gasteiger partial charge in [-0.25, -0.2) is 0 Å². The van der Waals surface area contributed by atoms with Crippen molar-refractivity contribution in [2.24, 2.45) is 16.6 Å². The smallest absolute Gasteiger partial charge is 0.0943 e. The molecule has 36 heavy (non-hydrogen) atoms. The first-order valence-electron chi connectivity index (χ1n) is 13.0. The van der Waals surface area contributed by atoms with Gasteiger partial charge in [-0.15, -0.1) is 0 Å². The average Bonchev–Trinajstić information content (AvgIpc) is 2.86. The average molecular weight is 486 g/mol. The maximum Gasteiger partial charge on any atom is 0.0943 e. The van der Waals surface area contributed by atoms with E-state index in [0.29, 0.717) is 5.57 Å². The van der Waals surface area contributed by atoms with E-state index in [9.17, 15) is 0 Å². The number of nitrogens with two attached hydrogens (primary N) is 1. The van der Waals surface area contributed by atoms with Crippen LogP contribution in [0.4, 0.5) is 0 Å². The third-order valence-corrected chi connectivity index (χ3v) is 5.79. The van der Waals surface area contributed by atoms with Crippen LogP contribution in [0.1, 0.15) is 77.3 Å². The molecule has 0 bridgehead atoms. The second-order valence-corrected chi connectivity index (χ2v) is 9.11. The van der Waals surface area contributed by atoms with Crippen molar-refractivity contribution in [2.45, 2.75) is 79.1 Å². The van der Waals surface area contributed by atoms with Crippen LogP contribution in [0.3, 0.4) is 0 Å². The number of aryl methyl sites for hydroxylation is 1. The van der Waals surface area contributed by atoms with Crippen molar-refractivity contribution in [2.75, 3.05) is 0 Å². The Kier molecular flexibility index (Phi) is 19.0. The molecule has 194 valence electrons. The van der Waals surface area contributed by atoms with Crippen LogP contribution < -0.4 is 5.73 Å². The molecule has 1 atom stereocenters. The molecular weight excluding hydrogens is 438 g/mol. The van der Waals surface area contributed by atoms with E-state index < -0.39 is 0 Å². The zero-order valence-electron chi connectivity index (χ0n) is 23.1. The lowest BCUT2D eigenvalue weighted by atomic mass is 9.90. The number of rotatable bonds is 15. The van der Waals surface area contributed by atoms with Crippen molar-refractivity contribution in [1.29, 1.82) is 5.26 Å². The highest BCUT2D eigenvalue weighted by Crippen LogP contribution is 2.21. The van der Waals surface area contributed by atoms with Gasteiger partial charge < -0.3 is 5.73 Å². The summed E-state index contributed by atoms with van der Waals surface area (Å²) in [6, 6.07) is 11.1. The summed E-state index contributed by atoms with van der Waals surface area (Å²) in [6.07, 6.45) is 19.5. The number of aliphatic imine (C=N–C) groups is 1. The Morgan fingerprint density at radius 2 is 1.78 bits per heavy atom. The highest BCUT2D eigenvalue weighted by atomic mass is 14.8. The number of hydrogen-bond donors (Lipinski definition) is 1. The van der Waals surface area contributed by atoms with Crippen LogP contribution in [-0.4, -0.2) is 5.71 Å². The summed E-state index contributed by atoms with van der Waals surface area (Å²) in [5.41, 5.74) is 11.7. The molecule has 0 aromatic heterocycles. The van der Waals surface area contributed by atoms with Crippen LogP contribution in [0.25, 0.3) is 0 Å². The summed E-state index contributed by atoms with van der Waals surface area (Å²) in [5, 5.41) is 9.15. The highest BCUT2D eigenvalue weighted by molar-refractivity contribution is 5.84. The Balaban J connectivity index is 0.00000387. The van der Waals surface area contributed by atoms with Gasteiger partial charge in [0.05, 0.1) is 6.07 Å². The Morgan fingerprint density at radius 3 is 2.39 bits per heavy atom. The van der Waals surface area contributed by atoms with E-state index >= 15 is 0 Å². The second-order valence-electron chi connectivity index (χ2n) is 9.11. The maximum atomic E-state index is 9.15. The Hall–Kier alpha value is -3.38. The van der Waals surface area contributed by atoms with Gasteiger partial charge in [0.15, 0.2) is 0 Å². The van der Waals surface area contributed by atoms with E-state index in [1.165, 1.54) is 41.4 Å². The van der Waals surface area contributed by atoms with Gasteiger partial charge >= 0.3 is 0 Å². The predicted molar refractivity (Wildman–Crippen MR) is 160 cm³/mol. The van der Waals surface area contributed by atoms with E-state index in [-0.39, 0.29) is 5.92 Å². The van der Waals surface area contributed by atoms with Gasteiger partial charge in [0.2, 0.25) is 0 Å². The van der Waals surface area contributed by atoms with Gasteiger partial charge in [0, 0.05) is 23.4 Å². The molecule has 0 heterocycles. The zero-order valence-corrected chi connectivity index (χ0v) is 23.1. The quantitative estimate of drug-likeness (QED) is 0.117. The molecule has 0 radical (unpaired) electrons. The predicted octanol–water partition coefficient (Wildman–Crippen LogP) is 8.97. The zero-order chi connectivity index (χ0) is 27.2. The van der Waals surface area contributed by atoms with Crippen LogP contribution in [0.5, 0.6) is 0 Å². The van der Waals surface area contributed by atoms with Gasteiger partial charge in [-0.05, 0) is 82.5 Å².